The second kappa shape index (κ2) is 6.76. The van der Waals surface area contributed by atoms with E-state index in [-0.39, 0.29) is 17.2 Å². The van der Waals surface area contributed by atoms with E-state index in [2.05, 4.69) is 4.90 Å². The van der Waals surface area contributed by atoms with Crippen LogP contribution < -0.4 is 10.5 Å². The van der Waals surface area contributed by atoms with E-state index in [9.17, 15) is 19.7 Å². The number of carbonyl (C=O) groups is 1. The zero-order valence-corrected chi connectivity index (χ0v) is 13.8. The van der Waals surface area contributed by atoms with Crippen LogP contribution in [0.2, 0.25) is 0 Å². The molecule has 1 aliphatic heterocycles. The number of hydrogen-bond acceptors (Lipinski definition) is 5. The molecule has 130 valence electrons. The summed E-state index contributed by atoms with van der Waals surface area (Å²) in [5.74, 6) is -0.152. The molecule has 1 amide bonds. The highest BCUT2D eigenvalue weighted by atomic mass is 16.6. The van der Waals surface area contributed by atoms with Crippen LogP contribution in [0.25, 0.3) is 0 Å². The van der Waals surface area contributed by atoms with E-state index in [0.717, 1.165) is 5.69 Å². The van der Waals surface area contributed by atoms with Crippen LogP contribution >= 0.6 is 0 Å². The number of hydrogen-bond donors (Lipinski definition) is 0. The minimum absolute atomic E-state index is 0.0585. The van der Waals surface area contributed by atoms with Crippen molar-refractivity contribution in [1.29, 1.82) is 0 Å². The lowest BCUT2D eigenvalue weighted by atomic mass is 10.2. The predicted octanol–water partition coefficient (Wildman–Crippen LogP) is 1.26. The maximum atomic E-state index is 12.5. The van der Waals surface area contributed by atoms with Gasteiger partial charge < -0.3 is 14.4 Å². The fraction of sp³-hybridized carbons (Fsp3) is 0.294. The van der Waals surface area contributed by atoms with Crippen molar-refractivity contribution in [2.24, 2.45) is 7.05 Å². The second-order valence-electron chi connectivity index (χ2n) is 5.92. The molecule has 0 unspecified atom stereocenters. The lowest BCUT2D eigenvalue weighted by Gasteiger charge is -2.36. The minimum Gasteiger partial charge on any atom is -0.368 e. The quantitative estimate of drug-likeness (QED) is 0.619. The van der Waals surface area contributed by atoms with Gasteiger partial charge in [-0.2, -0.15) is 0 Å². The number of nitro benzene ring substituents is 1. The van der Waals surface area contributed by atoms with Crippen molar-refractivity contribution in [3.8, 4) is 0 Å². The lowest BCUT2D eigenvalue weighted by molar-refractivity contribution is -0.384. The molecule has 1 aliphatic rings. The highest BCUT2D eigenvalue weighted by molar-refractivity contribution is 5.94. The number of amides is 1. The van der Waals surface area contributed by atoms with Gasteiger partial charge in [-0.3, -0.25) is 19.7 Å². The number of anilines is 1. The van der Waals surface area contributed by atoms with E-state index in [4.69, 9.17) is 0 Å². The van der Waals surface area contributed by atoms with Crippen LogP contribution in [0.3, 0.4) is 0 Å². The molecule has 25 heavy (non-hydrogen) atoms. The Bertz CT molecular complexity index is 852. The fourth-order valence-electron chi connectivity index (χ4n) is 2.82. The van der Waals surface area contributed by atoms with Gasteiger partial charge in [-0.1, -0.05) is 0 Å². The number of benzene rings is 1. The molecule has 8 nitrogen and oxygen atoms in total. The Labute approximate surface area is 144 Å². The molecule has 1 aromatic heterocycles. The molecule has 2 heterocycles. The van der Waals surface area contributed by atoms with Crippen LogP contribution in [0.4, 0.5) is 11.4 Å². The number of nitro groups is 1. The Kier molecular flexibility index (Phi) is 4.51. The fourth-order valence-corrected chi connectivity index (χ4v) is 2.82. The third-order valence-electron chi connectivity index (χ3n) is 4.34. The summed E-state index contributed by atoms with van der Waals surface area (Å²) in [6.07, 6.45) is 1.59. The van der Waals surface area contributed by atoms with E-state index in [1.54, 1.807) is 36.3 Å². The van der Waals surface area contributed by atoms with Crippen LogP contribution in [-0.2, 0) is 7.05 Å². The summed E-state index contributed by atoms with van der Waals surface area (Å²) in [7, 11) is 1.64. The van der Waals surface area contributed by atoms with Gasteiger partial charge in [0, 0.05) is 68.9 Å². The molecule has 0 radical (unpaired) electrons. The molecule has 0 bridgehead atoms. The molecule has 1 saturated heterocycles. The molecule has 0 N–H and O–H groups in total. The summed E-state index contributed by atoms with van der Waals surface area (Å²) in [6.45, 7) is 2.33. The van der Waals surface area contributed by atoms with E-state index in [0.29, 0.717) is 31.7 Å². The molecule has 1 fully saturated rings. The van der Waals surface area contributed by atoms with Gasteiger partial charge in [-0.05, 0) is 18.2 Å². The predicted molar refractivity (Wildman–Crippen MR) is 92.9 cm³/mol. The Balaban J connectivity index is 1.64. The molecule has 0 spiro atoms. The van der Waals surface area contributed by atoms with E-state index in [1.807, 2.05) is 0 Å². The molecule has 1 aromatic carbocycles. The number of aromatic nitrogens is 1. The molecule has 0 saturated carbocycles. The van der Waals surface area contributed by atoms with Gasteiger partial charge in [-0.15, -0.1) is 0 Å². The van der Waals surface area contributed by atoms with Gasteiger partial charge in [0.05, 0.1) is 4.92 Å². The Morgan fingerprint density at radius 3 is 2.28 bits per heavy atom. The summed E-state index contributed by atoms with van der Waals surface area (Å²) in [4.78, 5) is 38.3. The second-order valence-corrected chi connectivity index (χ2v) is 5.92. The van der Waals surface area contributed by atoms with E-state index >= 15 is 0 Å². The van der Waals surface area contributed by atoms with Crippen LogP contribution in [0.1, 0.15) is 10.4 Å². The number of nitrogens with zero attached hydrogens (tertiary/aromatic N) is 4. The van der Waals surface area contributed by atoms with Gasteiger partial charge in [0.25, 0.3) is 17.2 Å². The molecular weight excluding hydrogens is 324 g/mol. The Morgan fingerprint density at radius 1 is 1.08 bits per heavy atom. The monoisotopic (exact) mass is 342 g/mol. The van der Waals surface area contributed by atoms with Crippen LogP contribution in [0.15, 0.2) is 47.4 Å². The summed E-state index contributed by atoms with van der Waals surface area (Å²) >= 11 is 0. The minimum atomic E-state index is -0.426. The number of aryl methyl sites for hydroxylation is 1. The SMILES string of the molecule is Cn1ccc(C(=O)N2CCN(c3ccc([N+](=O)[O-])cc3)CC2)cc1=O. The van der Waals surface area contributed by atoms with Gasteiger partial charge in [0.1, 0.15) is 0 Å². The maximum absolute atomic E-state index is 12.5. The summed E-state index contributed by atoms with van der Waals surface area (Å²) in [5, 5.41) is 10.7. The topological polar surface area (TPSA) is 88.7 Å². The zero-order chi connectivity index (χ0) is 18.0. The maximum Gasteiger partial charge on any atom is 0.269 e. The van der Waals surface area contributed by atoms with Crippen molar-refractivity contribution in [3.05, 3.63) is 68.6 Å². The summed E-state index contributed by atoms with van der Waals surface area (Å²) < 4.78 is 1.42. The molecule has 2 aromatic rings. The molecule has 8 heteroatoms. The first kappa shape index (κ1) is 16.7. The number of non-ortho nitro benzene ring substituents is 1. The van der Waals surface area contributed by atoms with Crippen LogP contribution in [-0.4, -0.2) is 46.5 Å². The highest BCUT2D eigenvalue weighted by Gasteiger charge is 2.23. The first-order chi connectivity index (χ1) is 12.0. The number of rotatable bonds is 3. The van der Waals surface area contributed by atoms with E-state index < -0.39 is 4.92 Å². The number of pyridine rings is 1. The Hall–Kier alpha value is -3.16. The molecular formula is C17H18N4O4. The van der Waals surface area contributed by atoms with Crippen LogP contribution in [0, 0.1) is 10.1 Å². The van der Waals surface area contributed by atoms with Gasteiger partial charge in [0.2, 0.25) is 0 Å². The largest absolute Gasteiger partial charge is 0.368 e. The number of carbonyl (C=O) groups excluding carboxylic acids is 1. The van der Waals surface area contributed by atoms with Crippen molar-refractivity contribution < 1.29 is 9.72 Å². The smallest absolute Gasteiger partial charge is 0.269 e. The average molecular weight is 342 g/mol. The third kappa shape index (κ3) is 3.52. The normalized spacial score (nSPS) is 14.4. The first-order valence-electron chi connectivity index (χ1n) is 7.91. The Morgan fingerprint density at radius 2 is 1.72 bits per heavy atom. The zero-order valence-electron chi connectivity index (χ0n) is 13.8. The molecule has 3 rings (SSSR count). The molecule has 0 atom stereocenters. The average Bonchev–Trinajstić information content (AvgIpc) is 2.63. The van der Waals surface area contributed by atoms with Gasteiger partial charge in [-0.25, -0.2) is 0 Å². The standard InChI is InChI=1S/C17H18N4O4/c1-18-7-6-13(12-16(18)22)17(23)20-10-8-19(9-11-20)14-2-4-15(5-3-14)21(24)25/h2-7,12H,8-11H2,1H3. The van der Waals surface area contributed by atoms with Crippen molar-refractivity contribution in [1.82, 2.24) is 9.47 Å². The highest BCUT2D eigenvalue weighted by Crippen LogP contribution is 2.21. The van der Waals surface area contributed by atoms with Crippen molar-refractivity contribution in [2.45, 2.75) is 0 Å². The summed E-state index contributed by atoms with van der Waals surface area (Å²) in [5.41, 5.74) is 1.14. The van der Waals surface area contributed by atoms with Crippen molar-refractivity contribution in [3.63, 3.8) is 0 Å². The van der Waals surface area contributed by atoms with E-state index in [1.165, 1.54) is 22.8 Å². The van der Waals surface area contributed by atoms with Crippen molar-refractivity contribution in [2.75, 3.05) is 31.1 Å². The first-order valence-corrected chi connectivity index (χ1v) is 7.91. The summed E-state index contributed by atoms with van der Waals surface area (Å²) in [6, 6.07) is 9.39. The molecule has 0 aliphatic carbocycles. The van der Waals surface area contributed by atoms with Crippen molar-refractivity contribution >= 4 is 17.3 Å². The third-order valence-corrected chi connectivity index (χ3v) is 4.34. The van der Waals surface area contributed by atoms with Crippen LogP contribution in [0.5, 0.6) is 0 Å². The lowest BCUT2D eigenvalue weighted by Crippen LogP contribution is -2.49. The van der Waals surface area contributed by atoms with Gasteiger partial charge in [0.15, 0.2) is 0 Å². The van der Waals surface area contributed by atoms with Gasteiger partial charge >= 0.3 is 0 Å². The number of piperazine rings is 1.